The number of nitrogens with zero attached hydrogens (tertiary/aromatic N) is 1. The van der Waals surface area contributed by atoms with Crippen molar-refractivity contribution in [2.75, 3.05) is 33.9 Å². The molecule has 0 aliphatic carbocycles. The van der Waals surface area contributed by atoms with Crippen LogP contribution < -0.4 is 14.8 Å². The third-order valence-corrected chi connectivity index (χ3v) is 3.87. The average molecular weight is 308 g/mol. The van der Waals surface area contributed by atoms with Crippen molar-refractivity contribution in [2.24, 2.45) is 0 Å². The molecule has 1 amide bonds. The van der Waals surface area contributed by atoms with Gasteiger partial charge in [-0.25, -0.2) is 0 Å². The van der Waals surface area contributed by atoms with Crippen molar-refractivity contribution < 1.29 is 14.3 Å². The third kappa shape index (κ3) is 5.22. The molecule has 0 aromatic heterocycles. The van der Waals surface area contributed by atoms with E-state index in [1.165, 1.54) is 0 Å². The highest BCUT2D eigenvalue weighted by molar-refractivity contribution is 5.79. The summed E-state index contributed by atoms with van der Waals surface area (Å²) in [6.07, 6.45) is 0.283. The molecule has 5 heteroatoms. The first-order valence-corrected chi connectivity index (χ1v) is 7.77. The van der Waals surface area contributed by atoms with Crippen LogP contribution in [0.25, 0.3) is 0 Å². The van der Waals surface area contributed by atoms with E-state index in [9.17, 15) is 4.79 Å². The van der Waals surface area contributed by atoms with Gasteiger partial charge in [-0.2, -0.15) is 0 Å². The van der Waals surface area contributed by atoms with Gasteiger partial charge in [0.2, 0.25) is 5.91 Å². The van der Waals surface area contributed by atoms with E-state index in [0.29, 0.717) is 18.3 Å². The molecule has 1 unspecified atom stereocenters. The molecule has 0 saturated heterocycles. The fraction of sp³-hybridized carbons (Fsp3) is 0.588. The number of ether oxygens (including phenoxy) is 2. The minimum Gasteiger partial charge on any atom is -0.497 e. The molecule has 1 aromatic carbocycles. The third-order valence-electron chi connectivity index (χ3n) is 3.87. The lowest BCUT2D eigenvalue weighted by Crippen LogP contribution is -2.42. The zero-order valence-electron chi connectivity index (χ0n) is 14.3. The van der Waals surface area contributed by atoms with Crippen LogP contribution in [0.4, 0.5) is 0 Å². The Morgan fingerprint density at radius 3 is 2.45 bits per heavy atom. The second-order valence-electron chi connectivity index (χ2n) is 5.23. The van der Waals surface area contributed by atoms with Gasteiger partial charge < -0.3 is 14.8 Å². The van der Waals surface area contributed by atoms with Crippen molar-refractivity contribution in [3.8, 4) is 11.5 Å². The molecule has 124 valence electrons. The molecular formula is C17H28N2O3. The summed E-state index contributed by atoms with van der Waals surface area (Å²) >= 11 is 0. The number of likely N-dealkylation sites (N-methyl/N-ethyl adjacent to an activating group) is 1. The van der Waals surface area contributed by atoms with Crippen LogP contribution in [0.5, 0.6) is 11.5 Å². The van der Waals surface area contributed by atoms with Crippen molar-refractivity contribution >= 4 is 5.91 Å². The number of amides is 1. The smallest absolute Gasteiger partial charge is 0.224 e. The molecule has 22 heavy (non-hydrogen) atoms. The maximum absolute atomic E-state index is 12.2. The largest absolute Gasteiger partial charge is 0.497 e. The van der Waals surface area contributed by atoms with E-state index in [-0.39, 0.29) is 12.3 Å². The van der Waals surface area contributed by atoms with E-state index in [0.717, 1.165) is 24.4 Å². The highest BCUT2D eigenvalue weighted by Crippen LogP contribution is 2.24. The van der Waals surface area contributed by atoms with Gasteiger partial charge in [-0.3, -0.25) is 9.69 Å². The van der Waals surface area contributed by atoms with E-state index < -0.39 is 0 Å². The number of nitrogens with one attached hydrogen (secondary N) is 1. The first kappa shape index (κ1) is 18.3. The van der Waals surface area contributed by atoms with Crippen LogP contribution in [0.1, 0.15) is 26.3 Å². The van der Waals surface area contributed by atoms with Crippen molar-refractivity contribution in [3.05, 3.63) is 23.8 Å². The van der Waals surface area contributed by atoms with Crippen LogP contribution >= 0.6 is 0 Å². The summed E-state index contributed by atoms with van der Waals surface area (Å²) < 4.78 is 10.5. The van der Waals surface area contributed by atoms with E-state index in [1.807, 2.05) is 18.2 Å². The van der Waals surface area contributed by atoms with Crippen LogP contribution in [-0.2, 0) is 11.2 Å². The summed E-state index contributed by atoms with van der Waals surface area (Å²) in [4.78, 5) is 14.5. The van der Waals surface area contributed by atoms with E-state index in [4.69, 9.17) is 9.47 Å². The van der Waals surface area contributed by atoms with Gasteiger partial charge in [0.1, 0.15) is 11.5 Å². The van der Waals surface area contributed by atoms with Gasteiger partial charge in [0.15, 0.2) is 0 Å². The highest BCUT2D eigenvalue weighted by Gasteiger charge is 2.13. The molecule has 0 fully saturated rings. The predicted octanol–water partition coefficient (Wildman–Crippen LogP) is 2.09. The monoisotopic (exact) mass is 308 g/mol. The highest BCUT2D eigenvalue weighted by atomic mass is 16.5. The summed E-state index contributed by atoms with van der Waals surface area (Å²) in [6, 6.07) is 5.81. The number of rotatable bonds is 9. The Hall–Kier alpha value is -1.75. The topological polar surface area (TPSA) is 50.8 Å². The van der Waals surface area contributed by atoms with Crippen molar-refractivity contribution in [1.82, 2.24) is 10.2 Å². The Kier molecular flexibility index (Phi) is 7.74. The Bertz CT molecular complexity index is 473. The van der Waals surface area contributed by atoms with Gasteiger partial charge in [0, 0.05) is 18.2 Å². The number of hydrogen-bond donors (Lipinski definition) is 1. The molecule has 0 aliphatic rings. The van der Waals surface area contributed by atoms with Gasteiger partial charge in [0.25, 0.3) is 0 Å². The Morgan fingerprint density at radius 1 is 1.23 bits per heavy atom. The van der Waals surface area contributed by atoms with Crippen molar-refractivity contribution in [2.45, 2.75) is 33.2 Å². The first-order valence-electron chi connectivity index (χ1n) is 7.77. The minimum atomic E-state index is -0.00874. The van der Waals surface area contributed by atoms with Crippen LogP contribution in [0.3, 0.4) is 0 Å². The number of carbonyl (C=O) groups is 1. The van der Waals surface area contributed by atoms with Gasteiger partial charge in [-0.05, 0) is 38.2 Å². The van der Waals surface area contributed by atoms with E-state index in [1.54, 1.807) is 14.2 Å². The number of carbonyl (C=O) groups excluding carboxylic acids is 1. The lowest BCUT2D eigenvalue weighted by Gasteiger charge is -2.26. The minimum absolute atomic E-state index is 0.00874. The molecule has 0 spiro atoms. The normalized spacial score (nSPS) is 12.1. The zero-order chi connectivity index (χ0) is 16.5. The summed E-state index contributed by atoms with van der Waals surface area (Å²) in [5.74, 6) is 1.42. The predicted molar refractivity (Wildman–Crippen MR) is 88.6 cm³/mol. The second kappa shape index (κ2) is 9.30. The molecule has 1 aromatic rings. The lowest BCUT2D eigenvalue weighted by atomic mass is 10.1. The Morgan fingerprint density at radius 2 is 1.91 bits per heavy atom. The fourth-order valence-electron chi connectivity index (χ4n) is 2.49. The van der Waals surface area contributed by atoms with E-state index >= 15 is 0 Å². The maximum Gasteiger partial charge on any atom is 0.224 e. The van der Waals surface area contributed by atoms with Crippen molar-refractivity contribution in [1.29, 1.82) is 0 Å². The van der Waals surface area contributed by atoms with E-state index in [2.05, 4.69) is 31.0 Å². The van der Waals surface area contributed by atoms with Gasteiger partial charge in [0.05, 0.1) is 20.6 Å². The van der Waals surface area contributed by atoms with Gasteiger partial charge in [-0.15, -0.1) is 0 Å². The van der Waals surface area contributed by atoms with Gasteiger partial charge >= 0.3 is 0 Å². The lowest BCUT2D eigenvalue weighted by molar-refractivity contribution is -0.120. The molecule has 5 nitrogen and oxygen atoms in total. The molecule has 1 atom stereocenters. The molecule has 0 saturated carbocycles. The van der Waals surface area contributed by atoms with Gasteiger partial charge in [-0.1, -0.05) is 13.8 Å². The SMILES string of the molecule is CCN(CC)C(C)CNC(=O)Cc1cc(OC)ccc1OC. The summed E-state index contributed by atoms with van der Waals surface area (Å²) in [6.45, 7) is 8.99. The second-order valence-corrected chi connectivity index (χ2v) is 5.23. The standard InChI is InChI=1S/C17H28N2O3/c1-6-19(7-2)13(3)12-18-17(20)11-14-10-15(21-4)8-9-16(14)22-5/h8-10,13H,6-7,11-12H2,1-5H3,(H,18,20). The van der Waals surface area contributed by atoms with Crippen LogP contribution in [0.2, 0.25) is 0 Å². The van der Waals surface area contributed by atoms with Crippen LogP contribution in [0, 0.1) is 0 Å². The molecule has 0 aliphatic heterocycles. The first-order chi connectivity index (χ1) is 10.5. The zero-order valence-corrected chi connectivity index (χ0v) is 14.3. The molecule has 0 heterocycles. The molecule has 0 radical (unpaired) electrons. The molecule has 1 rings (SSSR count). The van der Waals surface area contributed by atoms with Crippen LogP contribution in [0.15, 0.2) is 18.2 Å². The quantitative estimate of drug-likeness (QED) is 0.759. The summed E-state index contributed by atoms with van der Waals surface area (Å²) in [5.41, 5.74) is 0.829. The molecule has 1 N–H and O–H groups in total. The van der Waals surface area contributed by atoms with Crippen LogP contribution in [-0.4, -0.2) is 50.7 Å². The maximum atomic E-state index is 12.2. The van der Waals surface area contributed by atoms with Crippen molar-refractivity contribution in [3.63, 3.8) is 0 Å². The Balaban J connectivity index is 2.61. The summed E-state index contributed by atoms with van der Waals surface area (Å²) in [7, 11) is 3.21. The molecular weight excluding hydrogens is 280 g/mol. The average Bonchev–Trinajstić information content (AvgIpc) is 2.54. The number of hydrogen-bond acceptors (Lipinski definition) is 4. The number of benzene rings is 1. The summed E-state index contributed by atoms with van der Waals surface area (Å²) in [5, 5.41) is 2.99. The number of methoxy groups -OCH3 is 2. The Labute approximate surface area is 133 Å². The molecule has 0 bridgehead atoms. The fourth-order valence-corrected chi connectivity index (χ4v) is 2.49.